The summed E-state index contributed by atoms with van der Waals surface area (Å²) < 4.78 is 0. The Morgan fingerprint density at radius 2 is 2.05 bits per heavy atom. The van der Waals surface area contributed by atoms with Crippen LogP contribution in [0.15, 0.2) is 24.3 Å². The second-order valence-electron chi connectivity index (χ2n) is 6.04. The first-order chi connectivity index (χ1) is 9.83. The molecule has 1 N–H and O–H groups in total. The summed E-state index contributed by atoms with van der Waals surface area (Å²) in [5.74, 6) is 0.320. The van der Waals surface area contributed by atoms with Crippen LogP contribution in [-0.2, 0) is 17.8 Å². The van der Waals surface area contributed by atoms with Crippen molar-refractivity contribution in [3.63, 3.8) is 0 Å². The number of fused-ring (bicyclic) bond motifs is 1. The minimum atomic E-state index is 0.320. The van der Waals surface area contributed by atoms with Crippen molar-refractivity contribution in [1.29, 1.82) is 0 Å². The highest BCUT2D eigenvalue weighted by atomic mass is 16.2. The number of nitrogens with zero attached hydrogens (tertiary/aromatic N) is 1. The van der Waals surface area contributed by atoms with E-state index in [0.717, 1.165) is 38.9 Å². The summed E-state index contributed by atoms with van der Waals surface area (Å²) in [5.41, 5.74) is 2.74. The summed E-state index contributed by atoms with van der Waals surface area (Å²) >= 11 is 0. The van der Waals surface area contributed by atoms with Gasteiger partial charge in [0.05, 0.1) is 0 Å². The number of amides is 1. The first-order valence-electron chi connectivity index (χ1n) is 7.91. The van der Waals surface area contributed by atoms with Crippen LogP contribution in [0.1, 0.15) is 43.2 Å². The Balaban J connectivity index is 1.63. The molecule has 1 aromatic carbocycles. The van der Waals surface area contributed by atoms with Gasteiger partial charge in [-0.1, -0.05) is 30.7 Å². The summed E-state index contributed by atoms with van der Waals surface area (Å²) in [6, 6.07) is 8.94. The maximum Gasteiger partial charge on any atom is 0.224 e. The number of hydrogen-bond donors (Lipinski definition) is 1. The Kier molecular flexibility index (Phi) is 4.36. The Hall–Kier alpha value is -1.35. The first kappa shape index (κ1) is 13.6. The number of hydrogen-bond acceptors (Lipinski definition) is 2. The molecule has 0 spiro atoms. The number of aryl methyl sites for hydroxylation is 1. The molecule has 3 rings (SSSR count). The highest BCUT2D eigenvalue weighted by molar-refractivity contribution is 5.77. The van der Waals surface area contributed by atoms with E-state index in [1.54, 1.807) is 0 Å². The van der Waals surface area contributed by atoms with Crippen LogP contribution < -0.4 is 5.32 Å². The van der Waals surface area contributed by atoms with E-state index in [1.165, 1.54) is 24.0 Å². The zero-order chi connectivity index (χ0) is 13.8. The predicted molar refractivity (Wildman–Crippen MR) is 80.4 cm³/mol. The molecule has 2 heterocycles. The second-order valence-corrected chi connectivity index (χ2v) is 6.04. The van der Waals surface area contributed by atoms with E-state index in [-0.39, 0.29) is 0 Å². The molecule has 1 aromatic rings. The molecule has 2 aliphatic rings. The van der Waals surface area contributed by atoms with Gasteiger partial charge in [0, 0.05) is 25.6 Å². The average molecular weight is 272 g/mol. The largest absolute Gasteiger partial charge is 0.338 e. The number of benzene rings is 1. The third-order valence-corrected chi connectivity index (χ3v) is 4.54. The van der Waals surface area contributed by atoms with Crippen LogP contribution in [0.4, 0.5) is 0 Å². The fourth-order valence-corrected chi connectivity index (χ4v) is 3.35. The molecule has 0 aromatic heterocycles. The lowest BCUT2D eigenvalue weighted by Crippen LogP contribution is -2.40. The van der Waals surface area contributed by atoms with Crippen molar-refractivity contribution in [2.45, 2.75) is 51.1 Å². The minimum absolute atomic E-state index is 0.320. The lowest BCUT2D eigenvalue weighted by Gasteiger charge is -2.27. The van der Waals surface area contributed by atoms with Gasteiger partial charge >= 0.3 is 0 Å². The standard InChI is InChI=1S/C17H24N2O/c20-17(12-16-9-3-4-10-18-16)19-11-5-8-14-6-1-2-7-15(14)13-19/h1-2,6-7,16,18H,3-5,8-13H2. The molecule has 3 heteroatoms. The average Bonchev–Trinajstić information content (AvgIpc) is 2.70. The Morgan fingerprint density at radius 3 is 2.85 bits per heavy atom. The van der Waals surface area contributed by atoms with Gasteiger partial charge in [0.2, 0.25) is 5.91 Å². The normalized spacial score (nSPS) is 23.0. The van der Waals surface area contributed by atoms with Crippen molar-refractivity contribution in [2.24, 2.45) is 0 Å². The maximum atomic E-state index is 12.5. The molecule has 3 nitrogen and oxygen atoms in total. The molecule has 1 unspecified atom stereocenters. The zero-order valence-electron chi connectivity index (χ0n) is 12.1. The van der Waals surface area contributed by atoms with E-state index >= 15 is 0 Å². The maximum absolute atomic E-state index is 12.5. The summed E-state index contributed by atoms with van der Waals surface area (Å²) in [6.07, 6.45) is 6.51. The van der Waals surface area contributed by atoms with Crippen LogP contribution in [0, 0.1) is 0 Å². The molecule has 1 fully saturated rings. The lowest BCUT2D eigenvalue weighted by atomic mass is 10.0. The van der Waals surface area contributed by atoms with E-state index in [1.807, 2.05) is 0 Å². The quantitative estimate of drug-likeness (QED) is 0.897. The molecule has 2 aliphatic heterocycles. The fraction of sp³-hybridized carbons (Fsp3) is 0.588. The Bertz CT molecular complexity index is 466. The summed E-state index contributed by atoms with van der Waals surface area (Å²) in [6.45, 7) is 2.77. The zero-order valence-corrected chi connectivity index (χ0v) is 12.1. The van der Waals surface area contributed by atoms with Gasteiger partial charge in [-0.25, -0.2) is 0 Å². The summed E-state index contributed by atoms with van der Waals surface area (Å²) in [5, 5.41) is 3.48. The molecular weight excluding hydrogens is 248 g/mol. The topological polar surface area (TPSA) is 32.3 Å². The minimum Gasteiger partial charge on any atom is -0.338 e. The first-order valence-corrected chi connectivity index (χ1v) is 7.91. The van der Waals surface area contributed by atoms with Crippen molar-refractivity contribution < 1.29 is 4.79 Å². The number of carbonyl (C=O) groups is 1. The SMILES string of the molecule is O=C(CC1CCCCN1)N1CCCc2ccccc2C1. The van der Waals surface area contributed by atoms with Gasteiger partial charge in [-0.3, -0.25) is 4.79 Å². The monoisotopic (exact) mass is 272 g/mol. The van der Waals surface area contributed by atoms with Crippen LogP contribution in [0.25, 0.3) is 0 Å². The van der Waals surface area contributed by atoms with Gasteiger partial charge in [-0.15, -0.1) is 0 Å². The molecule has 1 saturated heterocycles. The third-order valence-electron chi connectivity index (χ3n) is 4.54. The summed E-state index contributed by atoms with van der Waals surface area (Å²) in [7, 11) is 0. The van der Waals surface area contributed by atoms with Crippen molar-refractivity contribution >= 4 is 5.91 Å². The van der Waals surface area contributed by atoms with Gasteiger partial charge in [0.15, 0.2) is 0 Å². The molecule has 108 valence electrons. The van der Waals surface area contributed by atoms with Crippen molar-refractivity contribution in [3.05, 3.63) is 35.4 Å². The van der Waals surface area contributed by atoms with Crippen molar-refractivity contribution in [2.75, 3.05) is 13.1 Å². The smallest absolute Gasteiger partial charge is 0.224 e. The highest BCUT2D eigenvalue weighted by Gasteiger charge is 2.22. The molecular formula is C17H24N2O. The molecule has 0 radical (unpaired) electrons. The van der Waals surface area contributed by atoms with Gasteiger partial charge in [0.1, 0.15) is 0 Å². The van der Waals surface area contributed by atoms with Crippen LogP contribution >= 0.6 is 0 Å². The summed E-state index contributed by atoms with van der Waals surface area (Å²) in [4.78, 5) is 14.6. The van der Waals surface area contributed by atoms with E-state index in [4.69, 9.17) is 0 Å². The van der Waals surface area contributed by atoms with Gasteiger partial charge in [0.25, 0.3) is 0 Å². The van der Waals surface area contributed by atoms with Crippen molar-refractivity contribution in [3.8, 4) is 0 Å². The number of nitrogens with one attached hydrogen (secondary N) is 1. The third kappa shape index (κ3) is 3.21. The van der Waals surface area contributed by atoms with E-state index in [2.05, 4.69) is 34.5 Å². The van der Waals surface area contributed by atoms with E-state index in [0.29, 0.717) is 18.4 Å². The molecule has 1 atom stereocenters. The number of rotatable bonds is 2. The second kappa shape index (κ2) is 6.40. The van der Waals surface area contributed by atoms with Gasteiger partial charge in [-0.2, -0.15) is 0 Å². The molecule has 20 heavy (non-hydrogen) atoms. The van der Waals surface area contributed by atoms with Crippen LogP contribution in [-0.4, -0.2) is 29.9 Å². The molecule has 0 saturated carbocycles. The van der Waals surface area contributed by atoms with Crippen LogP contribution in [0.5, 0.6) is 0 Å². The Labute approximate surface area is 121 Å². The van der Waals surface area contributed by atoms with Crippen molar-refractivity contribution in [1.82, 2.24) is 10.2 Å². The van der Waals surface area contributed by atoms with Crippen LogP contribution in [0.3, 0.4) is 0 Å². The predicted octanol–water partition coefficient (Wildman–Crippen LogP) is 2.49. The van der Waals surface area contributed by atoms with E-state index < -0.39 is 0 Å². The Morgan fingerprint density at radius 1 is 1.20 bits per heavy atom. The fourth-order valence-electron chi connectivity index (χ4n) is 3.35. The number of carbonyl (C=O) groups excluding carboxylic acids is 1. The molecule has 0 bridgehead atoms. The highest BCUT2D eigenvalue weighted by Crippen LogP contribution is 2.20. The van der Waals surface area contributed by atoms with Crippen LogP contribution in [0.2, 0.25) is 0 Å². The molecule has 0 aliphatic carbocycles. The van der Waals surface area contributed by atoms with E-state index in [9.17, 15) is 4.79 Å². The van der Waals surface area contributed by atoms with Gasteiger partial charge in [-0.05, 0) is 43.4 Å². The lowest BCUT2D eigenvalue weighted by molar-refractivity contribution is -0.132. The molecule has 1 amide bonds. The number of piperidine rings is 1. The van der Waals surface area contributed by atoms with Gasteiger partial charge < -0.3 is 10.2 Å².